The SMILES string of the molecule is O=S(=O)(N1C=C(N2CC[C@@H](O)C2)C=C(COCc2ccc(F)cc2)C1)N1CCC2=Cc3[nH]ncc3C[C@H]2C1. The third-order valence-electron chi connectivity index (χ3n) is 7.75. The number of piperidine rings is 1. The molecule has 0 saturated carbocycles. The van der Waals surface area contributed by atoms with Crippen molar-refractivity contribution in [2.45, 2.75) is 32.0 Å². The highest BCUT2D eigenvalue weighted by Crippen LogP contribution is 2.35. The Morgan fingerprint density at radius 2 is 1.97 bits per heavy atom. The first-order valence-electron chi connectivity index (χ1n) is 13.0. The van der Waals surface area contributed by atoms with Crippen molar-refractivity contribution in [1.82, 2.24) is 23.7 Å². The van der Waals surface area contributed by atoms with E-state index in [9.17, 15) is 17.9 Å². The van der Waals surface area contributed by atoms with E-state index >= 15 is 0 Å². The Labute approximate surface area is 222 Å². The summed E-state index contributed by atoms with van der Waals surface area (Å²) in [6.45, 7) is 2.72. The number of fused-ring (bicyclic) bond motifs is 2. The van der Waals surface area contributed by atoms with E-state index in [2.05, 4.69) is 16.3 Å². The predicted molar refractivity (Wildman–Crippen MR) is 140 cm³/mol. The smallest absolute Gasteiger partial charge is 0.303 e. The fourth-order valence-electron chi connectivity index (χ4n) is 5.67. The number of hydrogen-bond donors (Lipinski definition) is 2. The number of H-pyrrole nitrogens is 1. The van der Waals surface area contributed by atoms with Crippen LogP contribution in [0.25, 0.3) is 6.08 Å². The Hall–Kier alpha value is -2.99. The second kappa shape index (κ2) is 10.3. The summed E-state index contributed by atoms with van der Waals surface area (Å²) in [6, 6.07) is 6.14. The van der Waals surface area contributed by atoms with Crippen molar-refractivity contribution in [3.05, 3.63) is 82.2 Å². The third-order valence-corrected chi connectivity index (χ3v) is 9.56. The van der Waals surface area contributed by atoms with E-state index in [0.717, 1.165) is 34.5 Å². The molecule has 1 aliphatic carbocycles. The number of aromatic nitrogens is 2. The number of ether oxygens (including phenoxy) is 1. The minimum absolute atomic E-state index is 0.139. The van der Waals surface area contributed by atoms with Gasteiger partial charge in [-0.25, -0.2) is 4.39 Å². The maximum Gasteiger partial charge on any atom is 0.303 e. The quantitative estimate of drug-likeness (QED) is 0.559. The van der Waals surface area contributed by atoms with Gasteiger partial charge in [0.25, 0.3) is 0 Å². The number of benzene rings is 1. The molecule has 0 amide bonds. The summed E-state index contributed by atoms with van der Waals surface area (Å²) in [4.78, 5) is 2.02. The number of nitrogens with one attached hydrogen (secondary N) is 1. The molecule has 9 nitrogen and oxygen atoms in total. The van der Waals surface area contributed by atoms with E-state index in [4.69, 9.17) is 4.74 Å². The van der Waals surface area contributed by atoms with Gasteiger partial charge in [-0.3, -0.25) is 9.40 Å². The van der Waals surface area contributed by atoms with Gasteiger partial charge < -0.3 is 14.7 Å². The second-order valence-electron chi connectivity index (χ2n) is 10.5. The van der Waals surface area contributed by atoms with Gasteiger partial charge in [-0.1, -0.05) is 17.7 Å². The third kappa shape index (κ3) is 5.15. The monoisotopic (exact) mass is 541 g/mol. The molecule has 202 valence electrons. The molecule has 0 bridgehead atoms. The number of allylic oxidation sites excluding steroid dienone is 1. The summed E-state index contributed by atoms with van der Waals surface area (Å²) in [5, 5.41) is 17.2. The minimum atomic E-state index is -3.78. The van der Waals surface area contributed by atoms with Crippen LogP contribution in [0.4, 0.5) is 4.39 Å². The van der Waals surface area contributed by atoms with Gasteiger partial charge >= 0.3 is 10.2 Å². The predicted octanol–water partition coefficient (Wildman–Crippen LogP) is 2.42. The number of β-amino-alcohol motifs (C(OH)–C–C–N with tert-alkyl or cyclic N) is 1. The van der Waals surface area contributed by atoms with E-state index in [-0.39, 0.29) is 24.9 Å². The molecule has 6 rings (SSSR count). The first-order chi connectivity index (χ1) is 18.3. The molecule has 2 atom stereocenters. The van der Waals surface area contributed by atoms with Crippen LogP contribution in [0.1, 0.15) is 29.7 Å². The zero-order valence-electron chi connectivity index (χ0n) is 21.1. The molecule has 4 aliphatic rings. The van der Waals surface area contributed by atoms with Crippen molar-refractivity contribution in [3.8, 4) is 0 Å². The Bertz CT molecular complexity index is 1380. The minimum Gasteiger partial charge on any atom is -0.391 e. The number of nitrogens with zero attached hydrogens (tertiary/aromatic N) is 4. The summed E-state index contributed by atoms with van der Waals surface area (Å²) < 4.78 is 49.9. The van der Waals surface area contributed by atoms with Crippen LogP contribution in [-0.2, 0) is 28.0 Å². The molecule has 0 radical (unpaired) electrons. The van der Waals surface area contributed by atoms with Crippen LogP contribution >= 0.6 is 0 Å². The fraction of sp³-hybridized carbons (Fsp3) is 0.444. The first kappa shape index (κ1) is 25.3. The zero-order valence-corrected chi connectivity index (χ0v) is 21.9. The van der Waals surface area contributed by atoms with E-state index in [0.29, 0.717) is 45.6 Å². The van der Waals surface area contributed by atoms with Crippen LogP contribution in [0.3, 0.4) is 0 Å². The van der Waals surface area contributed by atoms with Crippen molar-refractivity contribution < 1.29 is 22.7 Å². The van der Waals surface area contributed by atoms with Crippen LogP contribution in [0.5, 0.6) is 0 Å². The van der Waals surface area contributed by atoms with Crippen LogP contribution < -0.4 is 0 Å². The van der Waals surface area contributed by atoms with Gasteiger partial charge in [0.1, 0.15) is 5.82 Å². The zero-order chi connectivity index (χ0) is 26.3. The summed E-state index contributed by atoms with van der Waals surface area (Å²) in [5.41, 5.74) is 5.84. The van der Waals surface area contributed by atoms with E-state index in [1.165, 1.54) is 22.0 Å². The van der Waals surface area contributed by atoms with Crippen LogP contribution in [0.2, 0.25) is 0 Å². The molecule has 2 N–H and O–H groups in total. The molecule has 2 aromatic rings. The van der Waals surface area contributed by atoms with Crippen molar-refractivity contribution in [1.29, 1.82) is 0 Å². The molecule has 4 heterocycles. The summed E-state index contributed by atoms with van der Waals surface area (Å²) in [7, 11) is -3.78. The van der Waals surface area contributed by atoms with Gasteiger partial charge in [-0.05, 0) is 66.2 Å². The number of hydrogen-bond acceptors (Lipinski definition) is 6. The molecule has 3 aliphatic heterocycles. The molecule has 0 spiro atoms. The van der Waals surface area contributed by atoms with Crippen LogP contribution in [0, 0.1) is 11.7 Å². The van der Waals surface area contributed by atoms with Crippen molar-refractivity contribution in [2.75, 3.05) is 39.3 Å². The summed E-state index contributed by atoms with van der Waals surface area (Å²) in [5.74, 6) is -0.162. The average molecular weight is 542 g/mol. The molecule has 38 heavy (non-hydrogen) atoms. The number of rotatable bonds is 7. The van der Waals surface area contributed by atoms with Gasteiger partial charge in [0.15, 0.2) is 0 Å². The Morgan fingerprint density at radius 1 is 1.13 bits per heavy atom. The van der Waals surface area contributed by atoms with Crippen molar-refractivity contribution >= 4 is 16.3 Å². The topological polar surface area (TPSA) is 102 Å². The number of aromatic amines is 1. The van der Waals surface area contributed by atoms with E-state index in [1.807, 2.05) is 17.2 Å². The molecular weight excluding hydrogens is 509 g/mol. The Balaban J connectivity index is 1.18. The number of halogens is 1. The fourth-order valence-corrected chi connectivity index (χ4v) is 7.22. The van der Waals surface area contributed by atoms with Gasteiger partial charge in [-0.15, -0.1) is 0 Å². The van der Waals surface area contributed by atoms with E-state index < -0.39 is 16.3 Å². The van der Waals surface area contributed by atoms with Crippen LogP contribution in [0.15, 0.2) is 59.6 Å². The average Bonchev–Trinajstić information content (AvgIpc) is 3.56. The number of aliphatic hydroxyl groups is 1. The maximum atomic E-state index is 13.9. The summed E-state index contributed by atoms with van der Waals surface area (Å²) >= 11 is 0. The maximum absolute atomic E-state index is 13.9. The van der Waals surface area contributed by atoms with Gasteiger partial charge in [0.2, 0.25) is 0 Å². The summed E-state index contributed by atoms with van der Waals surface area (Å²) in [6.07, 6.45) is 9.28. The van der Waals surface area contributed by atoms with Crippen molar-refractivity contribution in [3.63, 3.8) is 0 Å². The van der Waals surface area contributed by atoms with Gasteiger partial charge in [0, 0.05) is 32.4 Å². The lowest BCUT2D eigenvalue weighted by Crippen LogP contribution is -2.49. The molecule has 11 heteroatoms. The highest BCUT2D eigenvalue weighted by atomic mass is 32.2. The molecule has 2 fully saturated rings. The molecular formula is C27H32FN5O4S. The van der Waals surface area contributed by atoms with Gasteiger partial charge in [-0.2, -0.15) is 17.8 Å². The molecule has 1 aromatic heterocycles. The lowest BCUT2D eigenvalue weighted by atomic mass is 9.83. The first-order valence-corrected chi connectivity index (χ1v) is 14.4. The lowest BCUT2D eigenvalue weighted by Gasteiger charge is -2.39. The highest BCUT2D eigenvalue weighted by Gasteiger charge is 2.38. The van der Waals surface area contributed by atoms with Crippen molar-refractivity contribution in [2.24, 2.45) is 5.92 Å². The number of likely N-dealkylation sites (tertiary alicyclic amines) is 1. The normalized spacial score (nSPS) is 24.0. The Morgan fingerprint density at radius 3 is 2.76 bits per heavy atom. The largest absolute Gasteiger partial charge is 0.391 e. The standard InChI is InChI=1S/C27H32FN5O4S/c28-24-3-1-19(2-4-24)17-37-18-20-9-25(31-7-6-26(34)16-31)15-33(13-20)38(35,36)32-8-5-21-11-27-22(12-29-30-27)10-23(21)14-32/h1-4,9,11-12,15,23,26,34H,5-8,10,13-14,16-18H2,(H,29,30)/t23-,26+/m0/s1. The number of aliphatic hydroxyl groups excluding tert-OH is 1. The van der Waals surface area contributed by atoms with Gasteiger partial charge in [0.05, 0.1) is 43.5 Å². The molecule has 0 unspecified atom stereocenters. The highest BCUT2D eigenvalue weighted by molar-refractivity contribution is 7.86. The second-order valence-corrected chi connectivity index (χ2v) is 12.3. The molecule has 2 saturated heterocycles. The van der Waals surface area contributed by atoms with E-state index in [1.54, 1.807) is 22.6 Å². The van der Waals surface area contributed by atoms with Crippen LogP contribution in [-0.4, -0.2) is 82.7 Å². The molecule has 1 aromatic carbocycles. The Kier molecular flexibility index (Phi) is 6.85. The lowest BCUT2D eigenvalue weighted by molar-refractivity contribution is 0.139.